The van der Waals surface area contributed by atoms with Gasteiger partial charge in [0.1, 0.15) is 11.4 Å². The lowest BCUT2D eigenvalue weighted by Gasteiger charge is -2.28. The number of amides is 1. The number of rotatable bonds is 8. The molecule has 1 saturated heterocycles. The van der Waals surface area contributed by atoms with Crippen molar-refractivity contribution in [2.24, 2.45) is 0 Å². The third-order valence-electron chi connectivity index (χ3n) is 5.27. The molecule has 2 heterocycles. The molecule has 0 aliphatic carbocycles. The van der Waals surface area contributed by atoms with Crippen LogP contribution in [0.5, 0.6) is 5.75 Å². The van der Waals surface area contributed by atoms with Crippen LogP contribution in [0.25, 0.3) is 5.69 Å². The lowest BCUT2D eigenvalue weighted by atomic mass is 10.2. The summed E-state index contributed by atoms with van der Waals surface area (Å²) >= 11 is 1.21. The zero-order valence-corrected chi connectivity index (χ0v) is 19.6. The lowest BCUT2D eigenvalue weighted by Crippen LogP contribution is -2.38. The van der Waals surface area contributed by atoms with Gasteiger partial charge in [0, 0.05) is 13.1 Å². The van der Waals surface area contributed by atoms with Crippen LogP contribution in [-0.2, 0) is 9.53 Å². The number of ether oxygens (including phenoxy) is 2. The van der Waals surface area contributed by atoms with Gasteiger partial charge < -0.3 is 19.7 Å². The number of nitrogens with one attached hydrogen (secondary N) is 1. The molecule has 0 radical (unpaired) electrons. The second-order valence-corrected chi connectivity index (χ2v) is 8.42. The van der Waals surface area contributed by atoms with Crippen molar-refractivity contribution < 1.29 is 19.2 Å². The van der Waals surface area contributed by atoms with Crippen LogP contribution in [0.1, 0.15) is 5.56 Å². The van der Waals surface area contributed by atoms with Gasteiger partial charge in [-0.2, -0.15) is 0 Å². The van der Waals surface area contributed by atoms with E-state index in [0.717, 1.165) is 11.3 Å². The summed E-state index contributed by atoms with van der Waals surface area (Å²) < 4.78 is 12.4. The third-order valence-corrected chi connectivity index (χ3v) is 6.20. The van der Waals surface area contributed by atoms with Crippen LogP contribution in [0.15, 0.2) is 47.6 Å². The lowest BCUT2D eigenvalue weighted by molar-refractivity contribution is -0.384. The van der Waals surface area contributed by atoms with E-state index >= 15 is 0 Å². The fourth-order valence-electron chi connectivity index (χ4n) is 3.56. The number of thioether (sulfide) groups is 1. The summed E-state index contributed by atoms with van der Waals surface area (Å²) in [6, 6.07) is 12.2. The Kier molecular flexibility index (Phi) is 7.28. The smallest absolute Gasteiger partial charge is 0.296 e. The van der Waals surface area contributed by atoms with E-state index in [-0.39, 0.29) is 17.1 Å². The predicted molar refractivity (Wildman–Crippen MR) is 128 cm³/mol. The zero-order valence-electron chi connectivity index (χ0n) is 18.8. The van der Waals surface area contributed by atoms with E-state index in [4.69, 9.17) is 9.47 Å². The van der Waals surface area contributed by atoms with Gasteiger partial charge in [-0.15, -0.1) is 10.2 Å². The molecule has 2 aromatic carbocycles. The van der Waals surface area contributed by atoms with Crippen LogP contribution in [0.4, 0.5) is 17.3 Å². The van der Waals surface area contributed by atoms with Gasteiger partial charge in [-0.3, -0.25) is 19.5 Å². The number of aromatic nitrogens is 3. The van der Waals surface area contributed by atoms with Crippen LogP contribution in [-0.4, -0.2) is 64.8 Å². The number of carbonyl (C=O) groups excluding carboxylic acids is 1. The van der Waals surface area contributed by atoms with Crippen molar-refractivity contribution in [3.8, 4) is 11.4 Å². The summed E-state index contributed by atoms with van der Waals surface area (Å²) in [6.45, 7) is 4.59. The van der Waals surface area contributed by atoms with Crippen molar-refractivity contribution >= 4 is 35.0 Å². The van der Waals surface area contributed by atoms with Crippen LogP contribution in [0.2, 0.25) is 0 Å². The summed E-state index contributed by atoms with van der Waals surface area (Å²) in [5.74, 6) is 0.619. The van der Waals surface area contributed by atoms with Crippen molar-refractivity contribution in [1.82, 2.24) is 14.8 Å². The molecule has 0 unspecified atom stereocenters. The summed E-state index contributed by atoms with van der Waals surface area (Å²) in [5.41, 5.74) is 1.82. The summed E-state index contributed by atoms with van der Waals surface area (Å²) in [7, 11) is 1.42. The number of methoxy groups -OCH3 is 1. The third kappa shape index (κ3) is 5.13. The highest BCUT2D eigenvalue weighted by atomic mass is 32.2. The number of nitrogens with zero attached hydrogens (tertiary/aromatic N) is 5. The molecule has 1 fully saturated rings. The predicted octanol–water partition coefficient (Wildman–Crippen LogP) is 3.06. The van der Waals surface area contributed by atoms with Gasteiger partial charge in [-0.05, 0) is 30.7 Å². The number of para-hydroxylation sites is 1. The standard InChI is InChI=1S/C22H24N6O5S/c1-15-5-3-4-6-18(15)27-21(26-9-11-33-12-10-26)24-25-22(27)34-14-20(29)23-17-8-7-16(32-2)13-19(17)28(30)31/h3-8,13H,9-12,14H2,1-2H3,(H,23,29). The van der Waals surface area contributed by atoms with E-state index < -0.39 is 10.8 Å². The fourth-order valence-corrected chi connectivity index (χ4v) is 4.30. The second kappa shape index (κ2) is 10.5. The molecular weight excluding hydrogens is 460 g/mol. The molecule has 0 saturated carbocycles. The molecule has 0 bridgehead atoms. The number of morpholine rings is 1. The highest BCUT2D eigenvalue weighted by molar-refractivity contribution is 7.99. The number of nitro benzene ring substituents is 1. The Morgan fingerprint density at radius 2 is 2.00 bits per heavy atom. The van der Waals surface area contributed by atoms with Crippen molar-refractivity contribution in [2.45, 2.75) is 12.1 Å². The minimum atomic E-state index is -0.561. The number of anilines is 2. The van der Waals surface area contributed by atoms with Crippen LogP contribution in [0.3, 0.4) is 0 Å². The highest BCUT2D eigenvalue weighted by Gasteiger charge is 2.24. The first kappa shape index (κ1) is 23.5. The van der Waals surface area contributed by atoms with Crippen molar-refractivity contribution in [3.05, 3.63) is 58.1 Å². The molecule has 4 rings (SSSR count). The maximum absolute atomic E-state index is 12.7. The van der Waals surface area contributed by atoms with E-state index in [2.05, 4.69) is 20.4 Å². The first-order valence-electron chi connectivity index (χ1n) is 10.6. The van der Waals surface area contributed by atoms with E-state index in [9.17, 15) is 14.9 Å². The normalized spacial score (nSPS) is 13.5. The molecule has 1 amide bonds. The molecule has 178 valence electrons. The Morgan fingerprint density at radius 3 is 2.71 bits per heavy atom. The summed E-state index contributed by atoms with van der Waals surface area (Å²) in [5, 5.41) is 23.3. The molecule has 1 N–H and O–H groups in total. The molecule has 1 aromatic heterocycles. The minimum Gasteiger partial charge on any atom is -0.496 e. The van der Waals surface area contributed by atoms with Gasteiger partial charge in [-0.25, -0.2) is 0 Å². The topological polar surface area (TPSA) is 125 Å². The van der Waals surface area contributed by atoms with Crippen molar-refractivity contribution in [3.63, 3.8) is 0 Å². The highest BCUT2D eigenvalue weighted by Crippen LogP contribution is 2.31. The average molecular weight is 485 g/mol. The van der Waals surface area contributed by atoms with Gasteiger partial charge in [0.05, 0.1) is 42.8 Å². The SMILES string of the molecule is COc1ccc(NC(=O)CSc2nnc(N3CCOCC3)n2-c2ccccc2C)c([N+](=O)[O-])c1. The van der Waals surface area contributed by atoms with Gasteiger partial charge >= 0.3 is 0 Å². The molecule has 1 aliphatic heterocycles. The number of aryl methyl sites for hydroxylation is 1. The number of benzene rings is 2. The summed E-state index contributed by atoms with van der Waals surface area (Å²) in [4.78, 5) is 25.6. The first-order chi connectivity index (χ1) is 16.5. The maximum atomic E-state index is 12.7. The number of nitro groups is 1. The van der Waals surface area contributed by atoms with Crippen LogP contribution in [0, 0.1) is 17.0 Å². The van der Waals surface area contributed by atoms with Gasteiger partial charge in [0.25, 0.3) is 5.69 Å². The Hall–Kier alpha value is -3.64. The molecule has 1 aliphatic rings. The Bertz CT molecular complexity index is 1190. The van der Waals surface area contributed by atoms with Crippen molar-refractivity contribution in [2.75, 3.05) is 49.4 Å². The van der Waals surface area contributed by atoms with E-state index in [1.165, 1.54) is 31.0 Å². The van der Waals surface area contributed by atoms with Crippen LogP contribution >= 0.6 is 11.8 Å². The van der Waals surface area contributed by atoms with Crippen LogP contribution < -0.4 is 15.0 Å². The van der Waals surface area contributed by atoms with E-state index in [0.29, 0.717) is 43.2 Å². The average Bonchev–Trinajstić information content (AvgIpc) is 3.27. The molecular formula is C22H24N6O5S. The molecule has 0 atom stereocenters. The van der Waals surface area contributed by atoms with E-state index in [1.54, 1.807) is 6.07 Å². The molecule has 34 heavy (non-hydrogen) atoms. The maximum Gasteiger partial charge on any atom is 0.296 e. The molecule has 3 aromatic rings. The Morgan fingerprint density at radius 1 is 1.24 bits per heavy atom. The number of hydrogen-bond acceptors (Lipinski definition) is 9. The van der Waals surface area contributed by atoms with E-state index in [1.807, 2.05) is 35.8 Å². The summed E-state index contributed by atoms with van der Waals surface area (Å²) in [6.07, 6.45) is 0. The Labute approximate surface area is 200 Å². The molecule has 0 spiro atoms. The van der Waals surface area contributed by atoms with Gasteiger partial charge in [-0.1, -0.05) is 30.0 Å². The fraction of sp³-hybridized carbons (Fsp3) is 0.318. The first-order valence-corrected chi connectivity index (χ1v) is 11.6. The number of carbonyl (C=O) groups is 1. The second-order valence-electron chi connectivity index (χ2n) is 7.48. The van der Waals surface area contributed by atoms with Gasteiger partial charge in [0.15, 0.2) is 5.16 Å². The quantitative estimate of drug-likeness (QED) is 0.292. The largest absolute Gasteiger partial charge is 0.496 e. The molecule has 12 heteroatoms. The Balaban J connectivity index is 1.55. The van der Waals surface area contributed by atoms with Crippen molar-refractivity contribution in [1.29, 1.82) is 0 Å². The molecule has 11 nitrogen and oxygen atoms in total. The zero-order chi connectivity index (χ0) is 24.1. The number of hydrogen-bond donors (Lipinski definition) is 1. The monoisotopic (exact) mass is 484 g/mol. The minimum absolute atomic E-state index is 0.00366. The van der Waals surface area contributed by atoms with Gasteiger partial charge in [0.2, 0.25) is 11.9 Å².